The number of fused-ring (bicyclic) bond motifs is 1. The van der Waals surface area contributed by atoms with Crippen molar-refractivity contribution in [2.75, 3.05) is 0 Å². The summed E-state index contributed by atoms with van der Waals surface area (Å²) in [5.74, 6) is 1.27. The molecule has 2 heterocycles. The summed E-state index contributed by atoms with van der Waals surface area (Å²) in [6.45, 7) is 5.32. The zero-order valence-corrected chi connectivity index (χ0v) is 22.1. The van der Waals surface area contributed by atoms with Crippen LogP contribution in [0, 0.1) is 12.7 Å². The van der Waals surface area contributed by atoms with Crippen molar-refractivity contribution in [3.63, 3.8) is 0 Å². The molecule has 0 amide bonds. The van der Waals surface area contributed by atoms with Crippen LogP contribution in [0.25, 0.3) is 22.3 Å². The Bertz CT molecular complexity index is 1580. The van der Waals surface area contributed by atoms with Crippen molar-refractivity contribution in [3.05, 3.63) is 119 Å². The molecule has 5 rings (SSSR count). The molecule has 0 aliphatic heterocycles. The Kier molecular flexibility index (Phi) is 7.79. The second-order valence-corrected chi connectivity index (χ2v) is 8.42. The number of hydrogen-bond donors (Lipinski definition) is 0. The van der Waals surface area contributed by atoms with Gasteiger partial charge in [-0.05, 0) is 67.9 Å². The van der Waals surface area contributed by atoms with Crippen molar-refractivity contribution in [1.82, 2.24) is 9.55 Å². The molecule has 2 aromatic heterocycles. The summed E-state index contributed by atoms with van der Waals surface area (Å²) in [5.41, 5.74) is 3.40. The molecule has 0 fully saturated rings. The van der Waals surface area contributed by atoms with Gasteiger partial charge in [0.2, 0.25) is 0 Å². The van der Waals surface area contributed by atoms with Gasteiger partial charge in [-0.15, -0.1) is 0 Å². The lowest BCUT2D eigenvalue weighted by atomic mass is 10.1. The predicted molar refractivity (Wildman–Crippen MR) is 134 cm³/mol. The van der Waals surface area contributed by atoms with Crippen LogP contribution >= 0.6 is 0 Å². The Balaban J connectivity index is 0.00000304. The largest absolute Gasteiger partial charge is 1.00 e. The minimum absolute atomic E-state index is 0. The molecular formula is C29H25FIN3O2. The van der Waals surface area contributed by atoms with Gasteiger partial charge in [0.15, 0.2) is 12.4 Å². The predicted octanol–water partition coefficient (Wildman–Crippen LogP) is 2.66. The fourth-order valence-corrected chi connectivity index (χ4v) is 4.13. The summed E-state index contributed by atoms with van der Waals surface area (Å²) in [6.07, 6.45) is 4.05. The summed E-state index contributed by atoms with van der Waals surface area (Å²) in [4.78, 5) is 18.8. The van der Waals surface area contributed by atoms with E-state index in [0.717, 1.165) is 23.2 Å². The molecule has 36 heavy (non-hydrogen) atoms. The smallest absolute Gasteiger partial charge is 0.262 e. The number of ether oxygens (including phenoxy) is 1. The maximum absolute atomic E-state index is 13.9. The first-order chi connectivity index (χ1) is 17.0. The molecular weight excluding hydrogens is 568 g/mol. The van der Waals surface area contributed by atoms with E-state index in [-0.39, 0.29) is 35.4 Å². The number of benzene rings is 3. The van der Waals surface area contributed by atoms with Crippen LogP contribution in [0.1, 0.15) is 18.1 Å². The number of pyridine rings is 1. The number of nitrogens with zero attached hydrogens (tertiary/aromatic N) is 3. The molecule has 0 atom stereocenters. The van der Waals surface area contributed by atoms with E-state index >= 15 is 0 Å². The van der Waals surface area contributed by atoms with Crippen molar-refractivity contribution in [2.45, 2.75) is 26.9 Å². The highest BCUT2D eigenvalue weighted by atomic mass is 127. The molecule has 0 unspecified atom stereocenters. The average molecular weight is 593 g/mol. The Morgan fingerprint density at radius 2 is 1.72 bits per heavy atom. The lowest BCUT2D eigenvalue weighted by Crippen LogP contribution is -3.00. The van der Waals surface area contributed by atoms with E-state index in [1.165, 1.54) is 12.1 Å². The molecule has 0 aliphatic rings. The topological polar surface area (TPSA) is 48.0 Å². The van der Waals surface area contributed by atoms with Crippen LogP contribution in [-0.2, 0) is 13.1 Å². The highest BCUT2D eigenvalue weighted by Gasteiger charge is 2.16. The van der Waals surface area contributed by atoms with E-state index in [9.17, 15) is 9.18 Å². The first-order valence-corrected chi connectivity index (χ1v) is 11.5. The molecule has 5 aromatic rings. The van der Waals surface area contributed by atoms with Crippen LogP contribution in [0.4, 0.5) is 4.39 Å². The Hall–Kier alpha value is -3.59. The van der Waals surface area contributed by atoms with Crippen LogP contribution in [-0.4, -0.2) is 9.55 Å². The fourth-order valence-electron chi connectivity index (χ4n) is 4.13. The molecule has 0 N–H and O–H groups in total. The Morgan fingerprint density at radius 3 is 2.47 bits per heavy atom. The summed E-state index contributed by atoms with van der Waals surface area (Å²) in [6, 6.07) is 23.0. The number of aromatic nitrogens is 3. The normalized spacial score (nSPS) is 10.8. The van der Waals surface area contributed by atoms with E-state index in [4.69, 9.17) is 9.72 Å². The number of hydrogen-bond acceptors (Lipinski definition) is 3. The van der Waals surface area contributed by atoms with Crippen molar-refractivity contribution >= 4 is 10.9 Å². The van der Waals surface area contributed by atoms with Crippen molar-refractivity contribution < 1.29 is 37.7 Å². The van der Waals surface area contributed by atoms with Gasteiger partial charge in [-0.1, -0.05) is 24.3 Å². The van der Waals surface area contributed by atoms with Crippen LogP contribution < -0.4 is 38.8 Å². The maximum atomic E-state index is 13.9. The Morgan fingerprint density at radius 1 is 0.972 bits per heavy atom. The quantitative estimate of drug-likeness (QED) is 0.225. The molecule has 0 bridgehead atoms. The minimum Gasteiger partial charge on any atom is -1.00 e. The molecule has 182 valence electrons. The second-order valence-electron chi connectivity index (χ2n) is 8.42. The van der Waals surface area contributed by atoms with Crippen LogP contribution in [0.15, 0.2) is 96.1 Å². The minimum atomic E-state index is -0.336. The highest BCUT2D eigenvalue weighted by Crippen LogP contribution is 2.27. The van der Waals surface area contributed by atoms with Gasteiger partial charge in [0.1, 0.15) is 29.7 Å². The zero-order valence-electron chi connectivity index (χ0n) is 20.0. The highest BCUT2D eigenvalue weighted by molar-refractivity contribution is 5.81. The summed E-state index contributed by atoms with van der Waals surface area (Å²) in [7, 11) is 0. The van der Waals surface area contributed by atoms with E-state index in [1.54, 1.807) is 34.9 Å². The van der Waals surface area contributed by atoms with Gasteiger partial charge in [-0.2, -0.15) is 0 Å². The van der Waals surface area contributed by atoms with Gasteiger partial charge >= 0.3 is 0 Å². The summed E-state index contributed by atoms with van der Waals surface area (Å²) >= 11 is 0. The van der Waals surface area contributed by atoms with Crippen LogP contribution in [0.2, 0.25) is 0 Å². The molecule has 0 spiro atoms. The summed E-state index contributed by atoms with van der Waals surface area (Å²) in [5, 5.41) is 0.459. The third-order valence-corrected chi connectivity index (χ3v) is 5.99. The number of aryl methyl sites for hydroxylation is 2. The number of halogens is 2. The van der Waals surface area contributed by atoms with E-state index < -0.39 is 0 Å². The molecule has 0 saturated heterocycles. The van der Waals surface area contributed by atoms with E-state index in [1.807, 2.05) is 55.7 Å². The van der Waals surface area contributed by atoms with Gasteiger partial charge in [0.25, 0.3) is 5.56 Å². The van der Waals surface area contributed by atoms with Crippen LogP contribution in [0.3, 0.4) is 0 Å². The van der Waals surface area contributed by atoms with Gasteiger partial charge < -0.3 is 28.7 Å². The van der Waals surface area contributed by atoms with E-state index in [2.05, 4.69) is 11.5 Å². The van der Waals surface area contributed by atoms with Gasteiger partial charge in [0.05, 0.1) is 17.4 Å². The SMILES string of the molecule is CC[n+]1cccc(Cn2c(-c3ccccc3C)nc3ccc(Oc4ccc(F)cc4)cc3c2=O)c1.[I-]. The molecule has 0 aliphatic carbocycles. The molecule has 0 saturated carbocycles. The zero-order chi connectivity index (χ0) is 24.4. The lowest BCUT2D eigenvalue weighted by molar-refractivity contribution is -0.694. The molecule has 5 nitrogen and oxygen atoms in total. The third kappa shape index (κ3) is 5.31. The first-order valence-electron chi connectivity index (χ1n) is 11.5. The Labute approximate surface area is 225 Å². The molecule has 7 heteroatoms. The van der Waals surface area contributed by atoms with Gasteiger partial charge in [-0.3, -0.25) is 9.36 Å². The lowest BCUT2D eigenvalue weighted by Gasteiger charge is -2.15. The maximum Gasteiger partial charge on any atom is 0.262 e. The van der Waals surface area contributed by atoms with Gasteiger partial charge in [0, 0.05) is 17.2 Å². The van der Waals surface area contributed by atoms with Crippen molar-refractivity contribution in [2.24, 2.45) is 0 Å². The van der Waals surface area contributed by atoms with Gasteiger partial charge in [-0.25, -0.2) is 13.9 Å². The first kappa shape index (κ1) is 25.5. The van der Waals surface area contributed by atoms with Crippen molar-refractivity contribution in [1.29, 1.82) is 0 Å². The number of rotatable bonds is 6. The monoisotopic (exact) mass is 593 g/mol. The second kappa shape index (κ2) is 11.0. The molecule has 0 radical (unpaired) electrons. The molecule has 3 aromatic carbocycles. The fraction of sp³-hybridized carbons (Fsp3) is 0.138. The van der Waals surface area contributed by atoms with Crippen LogP contribution in [0.5, 0.6) is 11.5 Å². The average Bonchev–Trinajstić information content (AvgIpc) is 2.88. The standard InChI is InChI=1S/C29H25FN3O2.HI/c1-3-32-16-6-8-21(18-32)19-33-28(25-9-5-4-7-20(25)2)31-27-15-14-24(17-26(27)29(33)34)35-23-12-10-22(30)11-13-23;/h4-18H,3,19H2,1-2H3;1H/q+1;/p-1. The van der Waals surface area contributed by atoms with E-state index in [0.29, 0.717) is 34.8 Å². The third-order valence-electron chi connectivity index (χ3n) is 5.99. The summed E-state index contributed by atoms with van der Waals surface area (Å²) < 4.78 is 22.9. The van der Waals surface area contributed by atoms with Crippen molar-refractivity contribution in [3.8, 4) is 22.9 Å².